The fourth-order valence-corrected chi connectivity index (χ4v) is 3.53. The third-order valence-electron chi connectivity index (χ3n) is 2.98. The van der Waals surface area contributed by atoms with Gasteiger partial charge in [-0.3, -0.25) is 4.79 Å². The summed E-state index contributed by atoms with van der Waals surface area (Å²) in [6.45, 7) is 7.08. The lowest BCUT2D eigenvalue weighted by Crippen LogP contribution is -2.40. The van der Waals surface area contributed by atoms with Crippen molar-refractivity contribution in [2.45, 2.75) is 38.1 Å². The highest BCUT2D eigenvalue weighted by atomic mass is 32.2. The number of amides is 1. The van der Waals surface area contributed by atoms with Crippen molar-refractivity contribution < 1.29 is 13.2 Å². The molecule has 0 aliphatic carbocycles. The number of anilines is 1. The zero-order valence-corrected chi connectivity index (χ0v) is 14.9. The Labute approximate surface area is 142 Å². The van der Waals surface area contributed by atoms with Gasteiger partial charge in [0.25, 0.3) is 5.91 Å². The first-order chi connectivity index (χ1) is 11.1. The van der Waals surface area contributed by atoms with Crippen LogP contribution >= 0.6 is 0 Å². The number of sulfonamides is 1. The highest BCUT2D eigenvalue weighted by Gasteiger charge is 2.22. The maximum absolute atomic E-state index is 12.4. The Kier molecular flexibility index (Phi) is 5.05. The Morgan fingerprint density at radius 3 is 2.38 bits per heavy atom. The van der Waals surface area contributed by atoms with Crippen molar-refractivity contribution in [1.29, 1.82) is 0 Å². The Morgan fingerprint density at radius 2 is 1.75 bits per heavy atom. The van der Waals surface area contributed by atoms with E-state index in [0.717, 1.165) is 5.69 Å². The van der Waals surface area contributed by atoms with Gasteiger partial charge < -0.3 is 5.32 Å². The van der Waals surface area contributed by atoms with E-state index < -0.39 is 21.5 Å². The molecule has 0 saturated heterocycles. The topological polar surface area (TPSA) is 88.2 Å². The number of carbonyl (C=O) groups is 1. The van der Waals surface area contributed by atoms with Crippen LogP contribution in [-0.4, -0.2) is 24.8 Å². The van der Waals surface area contributed by atoms with Gasteiger partial charge in [-0.1, -0.05) is 12.1 Å². The van der Waals surface area contributed by atoms with E-state index in [4.69, 9.17) is 0 Å². The van der Waals surface area contributed by atoms with E-state index in [1.165, 1.54) is 18.2 Å². The zero-order chi connectivity index (χ0) is 18.0. The van der Waals surface area contributed by atoms with Crippen LogP contribution in [0.2, 0.25) is 0 Å². The van der Waals surface area contributed by atoms with Crippen molar-refractivity contribution in [2.75, 3.05) is 5.32 Å². The Morgan fingerprint density at radius 1 is 1.08 bits per heavy atom. The lowest BCUT2D eigenvalue weighted by molar-refractivity contribution is 0.102. The average Bonchev–Trinajstić information content (AvgIpc) is 2.45. The molecule has 6 nitrogen and oxygen atoms in total. The molecule has 0 aliphatic rings. The van der Waals surface area contributed by atoms with Gasteiger partial charge in [-0.25, -0.2) is 18.1 Å². The van der Waals surface area contributed by atoms with Crippen molar-refractivity contribution in [3.05, 3.63) is 53.7 Å². The molecule has 1 aromatic heterocycles. The van der Waals surface area contributed by atoms with Crippen molar-refractivity contribution >= 4 is 21.7 Å². The van der Waals surface area contributed by atoms with Crippen molar-refractivity contribution in [2.24, 2.45) is 0 Å². The number of hydrogen-bond acceptors (Lipinski definition) is 4. The van der Waals surface area contributed by atoms with Gasteiger partial charge in [-0.15, -0.1) is 0 Å². The second kappa shape index (κ2) is 6.70. The van der Waals surface area contributed by atoms with Gasteiger partial charge in [0.2, 0.25) is 10.0 Å². The van der Waals surface area contributed by atoms with E-state index in [-0.39, 0.29) is 10.5 Å². The summed E-state index contributed by atoms with van der Waals surface area (Å²) in [4.78, 5) is 16.6. The number of nitrogens with one attached hydrogen (secondary N) is 2. The van der Waals surface area contributed by atoms with E-state index in [1.807, 2.05) is 13.0 Å². The molecular formula is C17H21N3O3S. The molecule has 2 N–H and O–H groups in total. The van der Waals surface area contributed by atoms with Crippen molar-refractivity contribution in [1.82, 2.24) is 9.71 Å². The van der Waals surface area contributed by atoms with E-state index in [1.54, 1.807) is 39.0 Å². The number of benzene rings is 1. The molecule has 0 unspecified atom stereocenters. The van der Waals surface area contributed by atoms with Crippen LogP contribution in [0.5, 0.6) is 0 Å². The summed E-state index contributed by atoms with van der Waals surface area (Å²) in [5, 5.41) is 2.66. The molecule has 0 atom stereocenters. The van der Waals surface area contributed by atoms with Crippen LogP contribution in [0.3, 0.4) is 0 Å². The molecule has 2 aromatic rings. The standard InChI is InChI=1S/C17H21N3O3S/c1-12-7-5-10-15(18-12)19-16(21)13-8-6-9-14(11-13)24(22,23)20-17(2,3)4/h5-11,20H,1-4H3,(H,18,19,21). The molecule has 24 heavy (non-hydrogen) atoms. The van der Waals surface area contributed by atoms with Gasteiger partial charge in [-0.2, -0.15) is 0 Å². The minimum atomic E-state index is -3.70. The second-order valence-corrected chi connectivity index (χ2v) is 8.18. The minimum absolute atomic E-state index is 0.0438. The van der Waals surface area contributed by atoms with E-state index in [0.29, 0.717) is 5.82 Å². The summed E-state index contributed by atoms with van der Waals surface area (Å²) >= 11 is 0. The number of aromatic nitrogens is 1. The first kappa shape index (κ1) is 18.1. The summed E-state index contributed by atoms with van der Waals surface area (Å²) in [6.07, 6.45) is 0. The van der Waals surface area contributed by atoms with Crippen LogP contribution in [0.1, 0.15) is 36.8 Å². The van der Waals surface area contributed by atoms with Gasteiger partial charge >= 0.3 is 0 Å². The maximum Gasteiger partial charge on any atom is 0.256 e. The summed E-state index contributed by atoms with van der Waals surface area (Å²) < 4.78 is 27.3. The molecule has 0 bridgehead atoms. The van der Waals surface area contributed by atoms with Crippen molar-refractivity contribution in [3.63, 3.8) is 0 Å². The van der Waals surface area contributed by atoms with Gasteiger partial charge in [0.1, 0.15) is 5.82 Å². The SMILES string of the molecule is Cc1cccc(NC(=O)c2cccc(S(=O)(=O)NC(C)(C)C)c2)n1. The number of carbonyl (C=O) groups excluding carboxylic acids is 1. The smallest absolute Gasteiger partial charge is 0.256 e. The number of hydrogen-bond donors (Lipinski definition) is 2. The van der Waals surface area contributed by atoms with Crippen LogP contribution in [0.25, 0.3) is 0 Å². The molecule has 1 heterocycles. The average molecular weight is 347 g/mol. The molecule has 1 amide bonds. The molecule has 0 aliphatic heterocycles. The van der Waals surface area contributed by atoms with Gasteiger partial charge in [0.15, 0.2) is 0 Å². The zero-order valence-electron chi connectivity index (χ0n) is 14.1. The van der Waals surface area contributed by atoms with Gasteiger partial charge in [-0.05, 0) is 58.0 Å². The van der Waals surface area contributed by atoms with Crippen LogP contribution in [0, 0.1) is 6.92 Å². The lowest BCUT2D eigenvalue weighted by Gasteiger charge is -2.20. The number of pyridine rings is 1. The summed E-state index contributed by atoms with van der Waals surface area (Å²) in [6, 6.07) is 11.2. The van der Waals surface area contributed by atoms with Gasteiger partial charge in [0.05, 0.1) is 4.90 Å². The second-order valence-electron chi connectivity index (χ2n) is 6.50. The quantitative estimate of drug-likeness (QED) is 0.890. The molecule has 0 radical (unpaired) electrons. The van der Waals surface area contributed by atoms with E-state index in [9.17, 15) is 13.2 Å². The largest absolute Gasteiger partial charge is 0.307 e. The van der Waals surface area contributed by atoms with Crippen LogP contribution in [-0.2, 0) is 10.0 Å². The first-order valence-corrected chi connectivity index (χ1v) is 8.94. The first-order valence-electron chi connectivity index (χ1n) is 7.46. The normalized spacial score (nSPS) is 12.0. The molecule has 0 saturated carbocycles. The summed E-state index contributed by atoms with van der Waals surface area (Å²) in [7, 11) is -3.70. The Hall–Kier alpha value is -2.25. The van der Waals surface area contributed by atoms with Gasteiger partial charge in [0, 0.05) is 16.8 Å². The van der Waals surface area contributed by atoms with Crippen LogP contribution in [0.15, 0.2) is 47.4 Å². The molecule has 128 valence electrons. The molecule has 7 heteroatoms. The fraction of sp³-hybridized carbons (Fsp3) is 0.294. The molecular weight excluding hydrogens is 326 g/mol. The molecule has 0 fully saturated rings. The highest BCUT2D eigenvalue weighted by molar-refractivity contribution is 7.89. The monoisotopic (exact) mass is 347 g/mol. The van der Waals surface area contributed by atoms with Crippen molar-refractivity contribution in [3.8, 4) is 0 Å². The van der Waals surface area contributed by atoms with Crippen LogP contribution in [0.4, 0.5) is 5.82 Å². The fourth-order valence-electron chi connectivity index (χ4n) is 2.07. The molecule has 0 spiro atoms. The minimum Gasteiger partial charge on any atom is -0.307 e. The predicted octanol–water partition coefficient (Wildman–Crippen LogP) is 2.72. The predicted molar refractivity (Wildman–Crippen MR) is 93.4 cm³/mol. The van der Waals surface area contributed by atoms with E-state index >= 15 is 0 Å². The highest BCUT2D eigenvalue weighted by Crippen LogP contribution is 2.16. The summed E-state index contributed by atoms with van der Waals surface area (Å²) in [5.41, 5.74) is 0.413. The molecule has 1 aromatic carbocycles. The Bertz CT molecular complexity index is 855. The molecule has 2 rings (SSSR count). The number of aryl methyl sites for hydroxylation is 1. The summed E-state index contributed by atoms with van der Waals surface area (Å²) in [5.74, 6) is 0.00184. The third-order valence-corrected chi connectivity index (χ3v) is 4.73. The van der Waals surface area contributed by atoms with Crippen LogP contribution < -0.4 is 10.0 Å². The number of nitrogens with zero attached hydrogens (tertiary/aromatic N) is 1. The maximum atomic E-state index is 12.4. The number of rotatable bonds is 4. The lowest BCUT2D eigenvalue weighted by atomic mass is 10.1. The Balaban J connectivity index is 2.25. The third kappa shape index (κ3) is 4.87. The van der Waals surface area contributed by atoms with E-state index in [2.05, 4.69) is 15.0 Å².